The summed E-state index contributed by atoms with van der Waals surface area (Å²) >= 11 is 0. The number of nitrogens with two attached hydrogens (primary N) is 1. The van der Waals surface area contributed by atoms with E-state index in [-0.39, 0.29) is 30.8 Å². The Kier molecular flexibility index (Phi) is 7.64. The number of ether oxygens (including phenoxy) is 1. The van der Waals surface area contributed by atoms with Gasteiger partial charge in [-0.15, -0.1) is 12.4 Å². The Morgan fingerprint density at radius 1 is 1.33 bits per heavy atom. The third-order valence-corrected chi connectivity index (χ3v) is 2.70. The molecule has 1 atom stereocenters. The van der Waals surface area contributed by atoms with E-state index in [0.717, 1.165) is 5.56 Å². The molecule has 3 nitrogen and oxygen atoms in total. The van der Waals surface area contributed by atoms with E-state index in [9.17, 15) is 4.79 Å². The number of carbonyl (C=O) groups is 1. The predicted molar refractivity (Wildman–Crippen MR) is 76.0 cm³/mol. The van der Waals surface area contributed by atoms with E-state index in [1.165, 1.54) is 5.56 Å². The van der Waals surface area contributed by atoms with Crippen LogP contribution in [0.2, 0.25) is 0 Å². The standard InChI is InChI=1S/C14H21NO2.ClH/c1-4-17-14(16)9-13(15)12-7-5-6-11(8-12)10(2)3;/h5-8,10,13H,4,9,15H2,1-3H3;1H/t13-;/m1./s1. The Morgan fingerprint density at radius 3 is 2.50 bits per heavy atom. The summed E-state index contributed by atoms with van der Waals surface area (Å²) in [5.74, 6) is 0.222. The van der Waals surface area contributed by atoms with Crippen molar-refractivity contribution in [3.05, 3.63) is 35.4 Å². The summed E-state index contributed by atoms with van der Waals surface area (Å²) in [6.07, 6.45) is 0.232. The normalized spacial score (nSPS) is 11.8. The molecule has 0 fully saturated rings. The summed E-state index contributed by atoms with van der Waals surface area (Å²) in [6, 6.07) is 7.79. The maximum Gasteiger partial charge on any atom is 0.307 e. The van der Waals surface area contributed by atoms with Crippen LogP contribution in [0.1, 0.15) is 50.3 Å². The van der Waals surface area contributed by atoms with E-state index in [4.69, 9.17) is 10.5 Å². The second-order valence-electron chi connectivity index (χ2n) is 4.44. The zero-order valence-electron chi connectivity index (χ0n) is 11.2. The quantitative estimate of drug-likeness (QED) is 0.837. The third kappa shape index (κ3) is 5.07. The maximum atomic E-state index is 11.3. The average molecular weight is 272 g/mol. The zero-order valence-corrected chi connectivity index (χ0v) is 12.0. The molecule has 1 rings (SSSR count). The van der Waals surface area contributed by atoms with Crippen LogP contribution in [0.5, 0.6) is 0 Å². The Balaban J connectivity index is 0.00000289. The lowest BCUT2D eigenvalue weighted by atomic mass is 9.97. The second-order valence-corrected chi connectivity index (χ2v) is 4.44. The number of esters is 1. The minimum absolute atomic E-state index is 0. The average Bonchev–Trinajstić information content (AvgIpc) is 2.29. The van der Waals surface area contributed by atoms with Gasteiger partial charge in [-0.25, -0.2) is 0 Å². The van der Waals surface area contributed by atoms with Crippen molar-refractivity contribution < 1.29 is 9.53 Å². The van der Waals surface area contributed by atoms with Crippen LogP contribution < -0.4 is 5.73 Å². The van der Waals surface area contributed by atoms with Gasteiger partial charge in [-0.3, -0.25) is 4.79 Å². The van der Waals surface area contributed by atoms with Gasteiger partial charge in [-0.05, 0) is 24.0 Å². The summed E-state index contributed by atoms with van der Waals surface area (Å²) in [5.41, 5.74) is 8.22. The maximum absolute atomic E-state index is 11.3. The van der Waals surface area contributed by atoms with Crippen LogP contribution in [0.4, 0.5) is 0 Å². The van der Waals surface area contributed by atoms with Crippen molar-refractivity contribution in [2.45, 2.75) is 39.2 Å². The van der Waals surface area contributed by atoms with Gasteiger partial charge in [0.05, 0.1) is 13.0 Å². The van der Waals surface area contributed by atoms with Gasteiger partial charge in [0.1, 0.15) is 0 Å². The second kappa shape index (κ2) is 8.11. The fourth-order valence-corrected chi connectivity index (χ4v) is 1.67. The molecular formula is C14H22ClNO2. The summed E-state index contributed by atoms with van der Waals surface area (Å²) < 4.78 is 4.89. The highest BCUT2D eigenvalue weighted by Gasteiger charge is 2.13. The molecule has 102 valence electrons. The van der Waals surface area contributed by atoms with E-state index < -0.39 is 0 Å². The molecule has 0 saturated heterocycles. The number of rotatable bonds is 5. The van der Waals surface area contributed by atoms with Gasteiger partial charge in [-0.1, -0.05) is 38.1 Å². The van der Waals surface area contributed by atoms with Crippen molar-refractivity contribution in [3.8, 4) is 0 Å². The Morgan fingerprint density at radius 2 is 1.94 bits per heavy atom. The van der Waals surface area contributed by atoms with Crippen molar-refractivity contribution in [2.24, 2.45) is 5.73 Å². The first kappa shape index (κ1) is 16.9. The number of halogens is 1. The van der Waals surface area contributed by atoms with Crippen molar-refractivity contribution in [3.63, 3.8) is 0 Å². The molecule has 1 aromatic rings. The van der Waals surface area contributed by atoms with Crippen molar-refractivity contribution in [2.75, 3.05) is 6.61 Å². The van der Waals surface area contributed by atoms with Crippen LogP contribution in [0.3, 0.4) is 0 Å². The molecule has 0 radical (unpaired) electrons. The van der Waals surface area contributed by atoms with Crippen LogP contribution in [0.15, 0.2) is 24.3 Å². The molecule has 0 unspecified atom stereocenters. The van der Waals surface area contributed by atoms with E-state index in [2.05, 4.69) is 26.0 Å². The summed E-state index contributed by atoms with van der Waals surface area (Å²) in [6.45, 7) is 6.46. The van der Waals surface area contributed by atoms with Gasteiger partial charge >= 0.3 is 5.97 Å². The van der Waals surface area contributed by atoms with E-state index in [1.54, 1.807) is 6.92 Å². The van der Waals surface area contributed by atoms with E-state index in [1.807, 2.05) is 12.1 Å². The van der Waals surface area contributed by atoms with Crippen LogP contribution in [0.25, 0.3) is 0 Å². The van der Waals surface area contributed by atoms with Gasteiger partial charge in [0.25, 0.3) is 0 Å². The lowest BCUT2D eigenvalue weighted by molar-refractivity contribution is -0.143. The first-order chi connectivity index (χ1) is 8.04. The molecule has 0 aromatic heterocycles. The molecule has 2 N–H and O–H groups in total. The van der Waals surface area contributed by atoms with Crippen molar-refractivity contribution >= 4 is 18.4 Å². The molecule has 0 amide bonds. The molecular weight excluding hydrogens is 250 g/mol. The topological polar surface area (TPSA) is 52.3 Å². The molecule has 0 heterocycles. The largest absolute Gasteiger partial charge is 0.466 e. The highest BCUT2D eigenvalue weighted by molar-refractivity contribution is 5.85. The molecule has 0 saturated carbocycles. The Labute approximate surface area is 115 Å². The van der Waals surface area contributed by atoms with Crippen LogP contribution in [-0.2, 0) is 9.53 Å². The molecule has 4 heteroatoms. The minimum Gasteiger partial charge on any atom is -0.466 e. The van der Waals surface area contributed by atoms with Gasteiger partial charge in [0.15, 0.2) is 0 Å². The van der Waals surface area contributed by atoms with Crippen LogP contribution in [-0.4, -0.2) is 12.6 Å². The first-order valence-corrected chi connectivity index (χ1v) is 6.05. The molecule has 18 heavy (non-hydrogen) atoms. The fourth-order valence-electron chi connectivity index (χ4n) is 1.67. The van der Waals surface area contributed by atoms with Crippen LogP contribution >= 0.6 is 12.4 Å². The molecule has 0 aliphatic heterocycles. The summed E-state index contributed by atoms with van der Waals surface area (Å²) in [4.78, 5) is 11.3. The van der Waals surface area contributed by atoms with Crippen molar-refractivity contribution in [1.82, 2.24) is 0 Å². The summed E-state index contributed by atoms with van der Waals surface area (Å²) in [5, 5.41) is 0. The predicted octanol–water partition coefficient (Wildman–Crippen LogP) is 3.18. The van der Waals surface area contributed by atoms with Gasteiger partial charge in [0.2, 0.25) is 0 Å². The SMILES string of the molecule is CCOC(=O)C[C@@H](N)c1cccc(C(C)C)c1.Cl. The van der Waals surface area contributed by atoms with Gasteiger partial charge in [0, 0.05) is 6.04 Å². The molecule has 0 spiro atoms. The lowest BCUT2D eigenvalue weighted by Gasteiger charge is -2.13. The van der Waals surface area contributed by atoms with E-state index in [0.29, 0.717) is 12.5 Å². The van der Waals surface area contributed by atoms with Crippen molar-refractivity contribution in [1.29, 1.82) is 0 Å². The highest BCUT2D eigenvalue weighted by atomic mass is 35.5. The Hall–Kier alpha value is -1.06. The number of benzene rings is 1. The lowest BCUT2D eigenvalue weighted by Crippen LogP contribution is -2.17. The zero-order chi connectivity index (χ0) is 12.8. The number of hydrogen-bond donors (Lipinski definition) is 1. The highest BCUT2D eigenvalue weighted by Crippen LogP contribution is 2.20. The van der Waals surface area contributed by atoms with E-state index >= 15 is 0 Å². The monoisotopic (exact) mass is 271 g/mol. The molecule has 1 aromatic carbocycles. The van der Waals surface area contributed by atoms with Crippen LogP contribution in [0, 0.1) is 0 Å². The molecule has 0 aliphatic carbocycles. The third-order valence-electron chi connectivity index (χ3n) is 2.70. The number of carbonyl (C=O) groups excluding carboxylic acids is 1. The fraction of sp³-hybridized carbons (Fsp3) is 0.500. The van der Waals surface area contributed by atoms with Gasteiger partial charge in [-0.2, -0.15) is 0 Å². The number of hydrogen-bond acceptors (Lipinski definition) is 3. The molecule has 0 bridgehead atoms. The van der Waals surface area contributed by atoms with Gasteiger partial charge < -0.3 is 10.5 Å². The minimum atomic E-state index is -0.284. The summed E-state index contributed by atoms with van der Waals surface area (Å²) in [7, 11) is 0. The first-order valence-electron chi connectivity index (χ1n) is 6.05. The Bertz CT molecular complexity index is 380. The molecule has 0 aliphatic rings. The smallest absolute Gasteiger partial charge is 0.307 e.